The fourth-order valence-electron chi connectivity index (χ4n) is 17.0. The third-order valence-corrected chi connectivity index (χ3v) is 23.8. The summed E-state index contributed by atoms with van der Waals surface area (Å²) in [4.78, 5) is 78.1. The van der Waals surface area contributed by atoms with Crippen molar-refractivity contribution in [2.45, 2.75) is 367 Å². The van der Waals surface area contributed by atoms with Gasteiger partial charge in [0.2, 0.25) is 29.5 Å². The zero-order chi connectivity index (χ0) is 96.2. The normalized spacial score (nSPS) is 47.8. The molecule has 0 aromatic rings. The number of carbonyl (C=O) groups is 6. The van der Waals surface area contributed by atoms with Gasteiger partial charge in [-0.25, -0.2) is 4.79 Å². The number of aliphatic hydroxyl groups excluding tert-OH is 26. The fraction of sp³-hybridized carbons (Fsp3) is 0.918. The molecule has 0 aromatic heterocycles. The molecule has 5 amide bonds. The summed E-state index contributed by atoms with van der Waals surface area (Å²) in [5.41, 5.74) is 0. The molecule has 57 heteroatoms. The van der Waals surface area contributed by atoms with Crippen LogP contribution in [-0.2, 0) is 119 Å². The molecule has 10 rings (SSSR count). The van der Waals surface area contributed by atoms with Crippen LogP contribution in [0.25, 0.3) is 0 Å². The number of amides is 5. The lowest BCUT2D eigenvalue weighted by molar-refractivity contribution is -0.399. The molecule has 10 fully saturated rings. The number of carboxylic acids is 1. The highest BCUT2D eigenvalue weighted by Crippen LogP contribution is 2.43. The van der Waals surface area contributed by atoms with Crippen LogP contribution < -0.4 is 26.6 Å². The molecule has 32 N–H and O–H groups in total. The van der Waals surface area contributed by atoms with E-state index in [1.54, 1.807) is 0 Å². The molecule has 57 nitrogen and oxygen atoms in total. The molecule has 10 saturated heterocycles. The first kappa shape index (κ1) is 107. The Hall–Kier alpha value is -4.98. The summed E-state index contributed by atoms with van der Waals surface area (Å²) >= 11 is 0. The van der Waals surface area contributed by atoms with Crippen molar-refractivity contribution in [2.75, 3.05) is 52.9 Å². The van der Waals surface area contributed by atoms with Gasteiger partial charge in [-0.1, -0.05) is 0 Å². The van der Waals surface area contributed by atoms with E-state index in [0.29, 0.717) is 0 Å². The standard InChI is InChI=1S/C73H121N5O52/c1-17-38(93)47(102)49(104)67(113-17)126-59-37(78-23(7)90)66(121-31(15-85)56(59)124-71-53(108)62(43(98)28(12-82)118-71)130-73(72(110)111)8-24(91)33(74-19(3)86)58(129-73)40(95)25(92)9-79)127-60-41(96)26(10-80)116-69(51(60)106)122-54-29(13-83)119-64(34(45(54)100)75-20(4)87)112-16-32-44(99)57(36(63(109)115-32)77-22(6)89)125-65-35(76-21(5)88)46(101)55(30(14-84)120-65)123-70-52(107)61(42(97)27(11-81)117-70)128-68-50(105)48(103)39(94)18(2)114-68/h17-18,24-71,79-85,91-109H,8-16H2,1-7H3,(H,74,86)(H,75,87)(H,76,88)(H,77,89)(H,78,90)(H,110,111)/t17-,18-,24-,25+,26+,27+,28+,29+,30+,31+,32+,33+,34+,35+,36+,37+,38+,39+,40+,41-,42-,43-,44-,45+,46+,47+,48+,49-,50-,51+,52+,53+,54+,55+,56+,57+,58+,59+,60-,61-,62-,63-,64+,65-,66-,67-,68-,69-,70-,71-,73-/m0/s1. The van der Waals surface area contributed by atoms with Gasteiger partial charge in [-0.3, -0.25) is 24.0 Å². The van der Waals surface area contributed by atoms with Crippen LogP contribution in [0.1, 0.15) is 54.9 Å². The SMILES string of the molecule is CC(=O)N[C@@H]1[C@@H](O[C@@H]2O[C@H](CO)[C@@H](O[C@@H]3O[C@H](CO)[C@H](O)[C@H](O[C@@H]4O[C@@H](C)[C@@H](O)[C@@H](O)[C@@H]4O)[C@H]3O)[C@H](O)[C@H]2NC(C)=O)[C@@H](O)[C@@H](CO[C@@H]2O[C@H](CO)[C@@H](O[C@@H]3O[C@H](CO)[C@H](O)[C@H](O[C@@H]4O[C@H](CO)[C@@H](O[C@@H]5O[C@H](CO)[C@H](O)[C@H](O[C@]6(C(=O)O)C[C@H](O)[C@@H](NC(C)=O)[C@H]([C@H](O)[C@H](O)CO)O6)[C@H]5O)[C@H](O[C@@H]5O[C@@H](C)[C@@H](O)[C@@H](O)[C@@H]5O)[C@H]4NC(C)=O)[C@H]3O)[C@H](O)[C@H]2NC(C)=O)O[C@@H]1O. The highest BCUT2D eigenvalue weighted by atomic mass is 16.8. The third kappa shape index (κ3) is 23.5. The van der Waals surface area contributed by atoms with Gasteiger partial charge >= 0.3 is 5.97 Å². The van der Waals surface area contributed by atoms with E-state index in [1.807, 2.05) is 0 Å². The highest BCUT2D eigenvalue weighted by Gasteiger charge is 2.64. The third-order valence-electron chi connectivity index (χ3n) is 23.8. The number of aliphatic carboxylic acids is 1. The van der Waals surface area contributed by atoms with Gasteiger partial charge in [0, 0.05) is 41.0 Å². The Morgan fingerprint density at radius 2 is 0.662 bits per heavy atom. The predicted octanol–water partition coefficient (Wildman–Crippen LogP) is -20.8. The first-order valence-corrected chi connectivity index (χ1v) is 41.5. The zero-order valence-corrected chi connectivity index (χ0v) is 70.5. The van der Waals surface area contributed by atoms with Crippen LogP contribution in [0, 0.1) is 0 Å². The van der Waals surface area contributed by atoms with E-state index < -0.39 is 407 Å². The summed E-state index contributed by atoms with van der Waals surface area (Å²) in [6, 6.07) is -9.50. The molecular formula is C73H121N5O52. The summed E-state index contributed by atoms with van der Waals surface area (Å²) in [7, 11) is 0. The first-order valence-electron chi connectivity index (χ1n) is 41.5. The number of rotatable bonds is 34. The lowest BCUT2D eigenvalue weighted by Crippen LogP contribution is -2.72. The van der Waals surface area contributed by atoms with Crippen LogP contribution >= 0.6 is 0 Å². The Morgan fingerprint density at radius 3 is 1.09 bits per heavy atom. The van der Waals surface area contributed by atoms with Gasteiger partial charge in [0.05, 0.1) is 77.2 Å². The van der Waals surface area contributed by atoms with Crippen molar-refractivity contribution in [3.63, 3.8) is 0 Å². The van der Waals surface area contributed by atoms with Crippen LogP contribution in [0.4, 0.5) is 0 Å². The number of ether oxygens (including phenoxy) is 19. The molecule has 0 unspecified atom stereocenters. The fourth-order valence-corrected chi connectivity index (χ4v) is 17.0. The quantitative estimate of drug-likeness (QED) is 0.0284. The Kier molecular flexibility index (Phi) is 37.9. The Labute approximate surface area is 736 Å². The minimum absolute atomic E-state index is 0.885. The lowest BCUT2D eigenvalue weighted by atomic mass is 9.88. The van der Waals surface area contributed by atoms with Crippen molar-refractivity contribution in [1.29, 1.82) is 0 Å². The Balaban J connectivity index is 0.878. The number of nitrogens with one attached hydrogen (secondary N) is 5. The van der Waals surface area contributed by atoms with Gasteiger partial charge < -0.3 is 254 Å². The maximum absolute atomic E-state index is 13.6. The Morgan fingerprint density at radius 1 is 0.331 bits per heavy atom. The maximum Gasteiger partial charge on any atom is 0.364 e. The largest absolute Gasteiger partial charge is 0.477 e. The molecule has 0 bridgehead atoms. The summed E-state index contributed by atoms with van der Waals surface area (Å²) in [6.07, 6.45) is -94.8. The van der Waals surface area contributed by atoms with Crippen LogP contribution in [0.5, 0.6) is 0 Å². The van der Waals surface area contributed by atoms with Crippen LogP contribution in [0.3, 0.4) is 0 Å². The van der Waals surface area contributed by atoms with Gasteiger partial charge in [-0.15, -0.1) is 0 Å². The molecule has 130 heavy (non-hydrogen) atoms. The molecule has 0 aromatic carbocycles. The summed E-state index contributed by atoms with van der Waals surface area (Å²) < 4.78 is 113. The summed E-state index contributed by atoms with van der Waals surface area (Å²) in [6.45, 7) is -2.14. The second-order valence-electron chi connectivity index (χ2n) is 33.1. The van der Waals surface area contributed by atoms with E-state index in [2.05, 4.69) is 26.6 Å². The zero-order valence-electron chi connectivity index (χ0n) is 70.5. The highest BCUT2D eigenvalue weighted by molar-refractivity contribution is 5.77. The number of carboxylic acid groups (broad SMARTS) is 1. The summed E-state index contributed by atoms with van der Waals surface area (Å²) in [5, 5.41) is 314. The average molecular weight is 1900 g/mol. The van der Waals surface area contributed by atoms with Crippen LogP contribution in [0.15, 0.2) is 0 Å². The van der Waals surface area contributed by atoms with Crippen LogP contribution in [0.2, 0.25) is 0 Å². The lowest BCUT2D eigenvalue weighted by Gasteiger charge is -2.52. The van der Waals surface area contributed by atoms with Crippen LogP contribution in [-0.4, -0.2) is 539 Å². The molecule has 0 aliphatic carbocycles. The van der Waals surface area contributed by atoms with Crippen molar-refractivity contribution in [3.8, 4) is 0 Å². The molecule has 0 saturated carbocycles. The van der Waals surface area contributed by atoms with Crippen molar-refractivity contribution in [1.82, 2.24) is 26.6 Å². The predicted molar refractivity (Wildman–Crippen MR) is 402 cm³/mol. The molecule has 0 radical (unpaired) electrons. The second-order valence-corrected chi connectivity index (χ2v) is 33.1. The van der Waals surface area contributed by atoms with Crippen molar-refractivity contribution >= 4 is 35.5 Å². The molecule has 10 aliphatic rings. The van der Waals surface area contributed by atoms with Crippen molar-refractivity contribution < 1.29 is 257 Å². The van der Waals surface area contributed by atoms with Gasteiger partial charge in [0.25, 0.3) is 5.79 Å². The smallest absolute Gasteiger partial charge is 0.364 e. The monoisotopic (exact) mass is 1900 g/mol. The molecular weight excluding hydrogens is 1780 g/mol. The molecule has 10 heterocycles. The molecule has 10 aliphatic heterocycles. The van der Waals surface area contributed by atoms with E-state index in [0.717, 1.165) is 34.6 Å². The minimum atomic E-state index is -3.34. The molecule has 0 spiro atoms. The van der Waals surface area contributed by atoms with Gasteiger partial charge in [0.15, 0.2) is 56.6 Å². The first-order chi connectivity index (χ1) is 61.2. The minimum Gasteiger partial charge on any atom is -0.477 e. The van der Waals surface area contributed by atoms with E-state index in [9.17, 15) is 167 Å². The molecule has 51 atom stereocenters. The summed E-state index contributed by atoms with van der Waals surface area (Å²) in [5.74, 6) is -10.2. The topological polar surface area (TPSA) is 884 Å². The number of hydrogen-bond acceptors (Lipinski definition) is 51. The number of aliphatic hydroxyl groups is 26. The maximum atomic E-state index is 13.6. The van der Waals surface area contributed by atoms with Gasteiger partial charge in [-0.05, 0) is 13.8 Å². The van der Waals surface area contributed by atoms with E-state index in [4.69, 9.17) is 90.0 Å². The van der Waals surface area contributed by atoms with E-state index >= 15 is 0 Å². The Bertz CT molecular complexity index is 3650. The number of carbonyl (C=O) groups excluding carboxylic acids is 5. The van der Waals surface area contributed by atoms with E-state index in [-0.39, 0.29) is 0 Å². The van der Waals surface area contributed by atoms with Gasteiger partial charge in [0.1, 0.15) is 226 Å². The second kappa shape index (κ2) is 46.0. The van der Waals surface area contributed by atoms with E-state index in [1.165, 1.54) is 13.8 Å². The number of hydrogen-bond donors (Lipinski definition) is 32. The van der Waals surface area contributed by atoms with Gasteiger partial charge in [-0.2, -0.15) is 0 Å². The van der Waals surface area contributed by atoms with Crippen molar-refractivity contribution in [3.05, 3.63) is 0 Å². The van der Waals surface area contributed by atoms with Crippen molar-refractivity contribution in [2.24, 2.45) is 0 Å². The average Bonchev–Trinajstić information content (AvgIpc) is 0.745. The molecule has 750 valence electrons.